The molecule has 1 aliphatic carbocycles. The maximum atomic E-state index is 12.5. The van der Waals surface area contributed by atoms with Crippen molar-refractivity contribution in [2.45, 2.75) is 29.7 Å². The fourth-order valence-electron chi connectivity index (χ4n) is 1.94. The number of rotatable bonds is 1. The van der Waals surface area contributed by atoms with Gasteiger partial charge in [0.15, 0.2) is 0 Å². The summed E-state index contributed by atoms with van der Waals surface area (Å²) in [6, 6.07) is 4.04. The summed E-state index contributed by atoms with van der Waals surface area (Å²) >= 11 is 0. The predicted molar refractivity (Wildman–Crippen MR) is 56.0 cm³/mol. The SMILES string of the molecule is O=S(=O)(c1cccc2c1[CH]CCC2)C(F)(F)F. The molecular weight excluding hydrogens is 253 g/mol. The molecular formula is C11H10F3O2S. The lowest BCUT2D eigenvalue weighted by Crippen LogP contribution is -2.25. The highest BCUT2D eigenvalue weighted by atomic mass is 32.2. The lowest BCUT2D eigenvalue weighted by Gasteiger charge is -2.19. The molecule has 0 aromatic heterocycles. The van der Waals surface area contributed by atoms with Crippen LogP contribution in [0.15, 0.2) is 23.1 Å². The molecule has 0 amide bonds. The maximum Gasteiger partial charge on any atom is 0.501 e. The van der Waals surface area contributed by atoms with Crippen molar-refractivity contribution in [2.75, 3.05) is 0 Å². The molecule has 0 N–H and O–H groups in total. The van der Waals surface area contributed by atoms with Gasteiger partial charge in [-0.15, -0.1) is 0 Å². The average Bonchev–Trinajstić information content (AvgIpc) is 2.26. The monoisotopic (exact) mass is 263 g/mol. The minimum Gasteiger partial charge on any atom is -0.214 e. The zero-order valence-corrected chi connectivity index (χ0v) is 9.61. The minimum atomic E-state index is -5.25. The van der Waals surface area contributed by atoms with Crippen LogP contribution >= 0.6 is 0 Å². The zero-order chi connectivity index (χ0) is 12.7. The molecule has 0 aliphatic heterocycles. The van der Waals surface area contributed by atoms with E-state index in [-0.39, 0.29) is 5.56 Å². The molecule has 0 saturated heterocycles. The van der Waals surface area contributed by atoms with Crippen LogP contribution in [0.2, 0.25) is 0 Å². The van der Waals surface area contributed by atoms with E-state index in [1.807, 2.05) is 0 Å². The summed E-state index contributed by atoms with van der Waals surface area (Å²) in [7, 11) is -5.25. The van der Waals surface area contributed by atoms with E-state index in [1.54, 1.807) is 12.5 Å². The van der Waals surface area contributed by atoms with Gasteiger partial charge in [0, 0.05) is 0 Å². The van der Waals surface area contributed by atoms with Crippen LogP contribution in [0.25, 0.3) is 0 Å². The second kappa shape index (κ2) is 4.01. The number of hydrogen-bond donors (Lipinski definition) is 0. The summed E-state index contributed by atoms with van der Waals surface area (Å²) in [4.78, 5) is -0.623. The van der Waals surface area contributed by atoms with Crippen molar-refractivity contribution < 1.29 is 21.6 Å². The van der Waals surface area contributed by atoms with E-state index in [0.717, 1.165) is 12.5 Å². The van der Waals surface area contributed by atoms with Crippen LogP contribution in [0.1, 0.15) is 24.0 Å². The van der Waals surface area contributed by atoms with E-state index < -0.39 is 20.2 Å². The molecule has 0 bridgehead atoms. The Morgan fingerprint density at radius 3 is 2.53 bits per heavy atom. The third-order valence-corrected chi connectivity index (χ3v) is 4.29. The molecule has 2 nitrogen and oxygen atoms in total. The van der Waals surface area contributed by atoms with Gasteiger partial charge >= 0.3 is 5.51 Å². The first-order chi connectivity index (χ1) is 7.84. The number of fused-ring (bicyclic) bond motifs is 1. The van der Waals surface area contributed by atoms with Gasteiger partial charge in [-0.05, 0) is 42.9 Å². The van der Waals surface area contributed by atoms with Crippen LogP contribution in [0, 0.1) is 6.42 Å². The standard InChI is InChI=1S/C11H10F3O2S/c12-11(13,14)17(15,16)10-7-3-5-8-4-1-2-6-9(8)10/h3,5-7H,1-2,4H2. The van der Waals surface area contributed by atoms with Gasteiger partial charge in [-0.3, -0.25) is 0 Å². The summed E-state index contributed by atoms with van der Waals surface area (Å²) in [5.74, 6) is 0. The van der Waals surface area contributed by atoms with Gasteiger partial charge in [0.2, 0.25) is 0 Å². The average molecular weight is 263 g/mol. The van der Waals surface area contributed by atoms with Gasteiger partial charge in [-0.2, -0.15) is 13.2 Å². The van der Waals surface area contributed by atoms with E-state index >= 15 is 0 Å². The largest absolute Gasteiger partial charge is 0.501 e. The van der Waals surface area contributed by atoms with E-state index in [1.165, 1.54) is 6.07 Å². The predicted octanol–water partition coefficient (Wildman–Crippen LogP) is 2.87. The van der Waals surface area contributed by atoms with E-state index in [9.17, 15) is 21.6 Å². The number of halogens is 3. The Kier molecular flexibility index (Phi) is 2.93. The second-order valence-corrected chi connectivity index (χ2v) is 5.78. The van der Waals surface area contributed by atoms with Gasteiger partial charge in [0.25, 0.3) is 9.84 Å². The highest BCUT2D eigenvalue weighted by Gasteiger charge is 2.48. The molecule has 0 unspecified atom stereocenters. The van der Waals surface area contributed by atoms with Gasteiger partial charge in [0.05, 0.1) is 4.90 Å². The van der Waals surface area contributed by atoms with Gasteiger partial charge in [-0.1, -0.05) is 12.1 Å². The third kappa shape index (κ3) is 2.06. The first kappa shape index (κ1) is 12.4. The molecule has 1 aromatic carbocycles. The molecule has 1 radical (unpaired) electrons. The van der Waals surface area contributed by atoms with Crippen LogP contribution in [0.4, 0.5) is 13.2 Å². The number of alkyl halides is 3. The quantitative estimate of drug-likeness (QED) is 0.780. The molecule has 2 rings (SSSR count). The van der Waals surface area contributed by atoms with Gasteiger partial charge < -0.3 is 0 Å². The topological polar surface area (TPSA) is 34.1 Å². The molecule has 6 heteroatoms. The van der Waals surface area contributed by atoms with Gasteiger partial charge in [-0.25, -0.2) is 8.42 Å². The molecule has 1 aliphatic rings. The first-order valence-corrected chi connectivity index (χ1v) is 6.59. The highest BCUT2D eigenvalue weighted by Crippen LogP contribution is 2.36. The zero-order valence-electron chi connectivity index (χ0n) is 8.79. The molecule has 0 fully saturated rings. The van der Waals surface area contributed by atoms with E-state index in [0.29, 0.717) is 18.4 Å². The number of benzene rings is 1. The molecule has 0 atom stereocenters. The lowest BCUT2D eigenvalue weighted by molar-refractivity contribution is -0.0436. The van der Waals surface area contributed by atoms with Crippen LogP contribution in [0.5, 0.6) is 0 Å². The highest BCUT2D eigenvalue weighted by molar-refractivity contribution is 7.92. The fourth-order valence-corrected chi connectivity index (χ4v) is 2.95. The van der Waals surface area contributed by atoms with Gasteiger partial charge in [0.1, 0.15) is 0 Å². The number of sulfone groups is 1. The second-order valence-electron chi connectivity index (χ2n) is 3.87. The normalized spacial score (nSPS) is 16.6. The first-order valence-electron chi connectivity index (χ1n) is 5.10. The summed E-state index contributed by atoms with van der Waals surface area (Å²) in [6.45, 7) is 0. The van der Waals surface area contributed by atoms with Crippen molar-refractivity contribution in [3.8, 4) is 0 Å². The maximum absolute atomic E-state index is 12.5. The van der Waals surface area contributed by atoms with Crippen molar-refractivity contribution in [2.24, 2.45) is 0 Å². The fraction of sp³-hybridized carbons (Fsp3) is 0.364. The van der Waals surface area contributed by atoms with Crippen LogP contribution < -0.4 is 0 Å². The van der Waals surface area contributed by atoms with Crippen molar-refractivity contribution >= 4 is 9.84 Å². The van der Waals surface area contributed by atoms with Crippen molar-refractivity contribution in [3.63, 3.8) is 0 Å². The van der Waals surface area contributed by atoms with Crippen molar-refractivity contribution in [1.82, 2.24) is 0 Å². The summed E-state index contributed by atoms with van der Waals surface area (Å²) in [6.07, 6.45) is 3.63. The summed E-state index contributed by atoms with van der Waals surface area (Å²) < 4.78 is 60.2. The molecule has 0 spiro atoms. The van der Waals surface area contributed by atoms with E-state index in [2.05, 4.69) is 0 Å². The number of hydrogen-bond acceptors (Lipinski definition) is 2. The Morgan fingerprint density at radius 1 is 1.18 bits per heavy atom. The Morgan fingerprint density at radius 2 is 1.88 bits per heavy atom. The van der Waals surface area contributed by atoms with Crippen LogP contribution in [-0.4, -0.2) is 13.9 Å². The van der Waals surface area contributed by atoms with Crippen molar-refractivity contribution in [1.29, 1.82) is 0 Å². The molecule has 0 saturated carbocycles. The van der Waals surface area contributed by atoms with Crippen LogP contribution in [-0.2, 0) is 16.3 Å². The molecule has 17 heavy (non-hydrogen) atoms. The third-order valence-electron chi connectivity index (χ3n) is 2.75. The smallest absolute Gasteiger partial charge is 0.214 e. The summed E-state index contributed by atoms with van der Waals surface area (Å²) in [5, 5.41) is 0. The Hall–Kier alpha value is -1.04. The summed E-state index contributed by atoms with van der Waals surface area (Å²) in [5.41, 5.74) is -4.36. The minimum absolute atomic E-state index is 0.219. The van der Waals surface area contributed by atoms with Crippen LogP contribution in [0.3, 0.4) is 0 Å². The Labute approximate surface area is 97.4 Å². The van der Waals surface area contributed by atoms with Crippen molar-refractivity contribution in [3.05, 3.63) is 35.7 Å². The lowest BCUT2D eigenvalue weighted by atomic mass is 9.92. The molecule has 93 valence electrons. The Balaban J connectivity index is 2.61. The van der Waals surface area contributed by atoms with E-state index in [4.69, 9.17) is 0 Å². The molecule has 0 heterocycles. The Bertz CT molecular complexity index is 532. The molecule has 1 aromatic rings. The number of aryl methyl sites for hydroxylation is 1.